The van der Waals surface area contributed by atoms with Crippen molar-refractivity contribution in [2.45, 2.75) is 47.7 Å². The third-order valence-corrected chi connectivity index (χ3v) is 7.17. The van der Waals surface area contributed by atoms with Gasteiger partial charge in [-0.1, -0.05) is 89.0 Å². The molecule has 0 aliphatic carbocycles. The molecule has 0 aliphatic heterocycles. The van der Waals surface area contributed by atoms with Gasteiger partial charge in [0.15, 0.2) is 0 Å². The van der Waals surface area contributed by atoms with Gasteiger partial charge in [-0.3, -0.25) is 4.90 Å². The summed E-state index contributed by atoms with van der Waals surface area (Å²) in [7, 11) is 0. The number of hydrogen-bond donors (Lipinski definition) is 1. The van der Waals surface area contributed by atoms with Gasteiger partial charge in [0.2, 0.25) is 0 Å². The summed E-state index contributed by atoms with van der Waals surface area (Å²) >= 11 is 0. The second-order valence-electron chi connectivity index (χ2n) is 11.4. The van der Waals surface area contributed by atoms with Crippen LogP contribution in [-0.2, 0) is 34.8 Å². The number of benzene rings is 5. The van der Waals surface area contributed by atoms with Gasteiger partial charge in [-0.05, 0) is 52.3 Å². The van der Waals surface area contributed by atoms with E-state index >= 15 is 0 Å². The maximum Gasteiger partial charge on any atom is 4.00 e. The third-order valence-electron chi connectivity index (χ3n) is 7.17. The zero-order valence-corrected chi connectivity index (χ0v) is 29.1. The van der Waals surface area contributed by atoms with Crippen LogP contribution in [0.5, 0.6) is 5.75 Å². The molecule has 45 heavy (non-hydrogen) atoms. The molecule has 0 bridgehead atoms. The van der Waals surface area contributed by atoms with Crippen LogP contribution < -0.4 is 0 Å². The van der Waals surface area contributed by atoms with Crippen LogP contribution in [0.4, 0.5) is 5.69 Å². The third kappa shape index (κ3) is 13.3. The summed E-state index contributed by atoms with van der Waals surface area (Å²) in [5.74, 6) is 0.404. The molecule has 0 unspecified atom stereocenters. The molecule has 0 spiro atoms. The van der Waals surface area contributed by atoms with Crippen LogP contribution >= 0.6 is 0 Å². The van der Waals surface area contributed by atoms with Crippen LogP contribution in [0.2, 0.25) is 0 Å². The van der Waals surface area contributed by atoms with E-state index in [1.807, 2.05) is 79.7 Å². The Hall–Kier alpha value is -3.89. The molecule has 3 nitrogen and oxygen atoms in total. The molecule has 4 heteroatoms. The number of aryl methyl sites for hydroxylation is 5. The second-order valence-corrected chi connectivity index (χ2v) is 11.4. The molecule has 5 rings (SSSR count). The Labute approximate surface area is 287 Å². The Morgan fingerprint density at radius 2 is 1.04 bits per heavy atom. The van der Waals surface area contributed by atoms with Crippen LogP contribution in [0.25, 0.3) is 5.32 Å². The zero-order chi connectivity index (χ0) is 31.9. The normalized spacial score (nSPS) is 10.1. The van der Waals surface area contributed by atoms with E-state index in [0.29, 0.717) is 12.3 Å². The van der Waals surface area contributed by atoms with E-state index in [2.05, 4.69) is 88.9 Å². The van der Waals surface area contributed by atoms with E-state index < -0.39 is 0 Å². The topological polar surface area (TPSA) is 37.6 Å². The number of phenols is 1. The van der Waals surface area contributed by atoms with Gasteiger partial charge < -0.3 is 10.4 Å². The fourth-order valence-corrected chi connectivity index (χ4v) is 5.15. The van der Waals surface area contributed by atoms with Crippen LogP contribution in [0.3, 0.4) is 0 Å². The molecule has 1 N–H and O–H groups in total. The van der Waals surface area contributed by atoms with Gasteiger partial charge in [-0.15, -0.1) is 36.5 Å². The van der Waals surface area contributed by atoms with Gasteiger partial charge in [0.1, 0.15) is 5.75 Å². The molecule has 230 valence electrons. The molecule has 5 aromatic rings. The average Bonchev–Trinajstić information content (AvgIpc) is 2.99. The summed E-state index contributed by atoms with van der Waals surface area (Å²) < 4.78 is 0. The van der Waals surface area contributed by atoms with E-state index in [1.165, 1.54) is 27.8 Å². The van der Waals surface area contributed by atoms with Crippen molar-refractivity contribution in [1.82, 2.24) is 4.90 Å². The minimum absolute atomic E-state index is 0. The van der Waals surface area contributed by atoms with Crippen molar-refractivity contribution < 1.29 is 26.8 Å². The molecule has 0 heterocycles. The van der Waals surface area contributed by atoms with E-state index in [0.717, 1.165) is 47.6 Å². The Bertz CT molecular complexity index is 1490. The molecule has 5 aromatic carbocycles. The maximum absolute atomic E-state index is 10.6. The van der Waals surface area contributed by atoms with E-state index in [-0.39, 0.29) is 21.7 Å². The van der Waals surface area contributed by atoms with Crippen molar-refractivity contribution in [1.29, 1.82) is 0 Å². The molecule has 0 atom stereocenters. The second kappa shape index (κ2) is 19.5. The maximum atomic E-state index is 10.6. The summed E-state index contributed by atoms with van der Waals surface area (Å²) in [5, 5.41) is 15.5. The van der Waals surface area contributed by atoms with Crippen LogP contribution in [0, 0.1) is 48.5 Å². The quantitative estimate of drug-likeness (QED) is 0.137. The summed E-state index contributed by atoms with van der Waals surface area (Å²) in [4.78, 5) is 2.37. The summed E-state index contributed by atoms with van der Waals surface area (Å²) in [6.07, 6.45) is 0. The minimum Gasteiger partial charge on any atom is -0.683 e. The summed E-state index contributed by atoms with van der Waals surface area (Å²) in [5.41, 5.74) is 11.3. The SMILES string of the molecule is Cc1cc(C)c([N-]CCN(Cc2ccccc2)Cc2cc(C)cc(C)c2O)c(C)c1.[CH2-]c1ccccc1.[CH2-]c1ccccc1.[Ti+4]. The first-order valence-corrected chi connectivity index (χ1v) is 15.2. The van der Waals surface area contributed by atoms with Crippen molar-refractivity contribution in [3.63, 3.8) is 0 Å². The Morgan fingerprint density at radius 3 is 1.51 bits per heavy atom. The zero-order valence-electron chi connectivity index (χ0n) is 27.6. The van der Waals surface area contributed by atoms with Crippen LogP contribution in [0.15, 0.2) is 115 Å². The predicted molar refractivity (Wildman–Crippen MR) is 188 cm³/mol. The van der Waals surface area contributed by atoms with Gasteiger partial charge in [0.05, 0.1) is 0 Å². The number of phenolic OH excluding ortho intramolecular Hbond substituents is 1. The van der Waals surface area contributed by atoms with E-state index in [4.69, 9.17) is 5.32 Å². The molecular weight excluding hydrogens is 584 g/mol. The predicted octanol–water partition coefficient (Wildman–Crippen LogP) is 10.4. The Kier molecular flexibility index (Phi) is 16.2. The molecule has 0 fully saturated rings. The van der Waals surface area contributed by atoms with Gasteiger partial charge >= 0.3 is 21.7 Å². The first-order chi connectivity index (χ1) is 21.1. The largest absolute Gasteiger partial charge is 4.00 e. The number of rotatable bonds is 8. The fourth-order valence-electron chi connectivity index (χ4n) is 5.15. The standard InChI is InChI=1S/C27H33N2O.2C7H7.Ti/c1-19-13-21(3)26(22(4)14-19)28-11-12-29(17-24-9-7-6-8-10-24)18-25-16-20(2)15-23(5)27(25)30;2*1-7-5-3-2-4-6-7;/h6-10,13-16,30H,11-12,17-18H2,1-5H3;2*2-6H,1H2;/q3*-1;+4. The molecule has 0 saturated heterocycles. The van der Waals surface area contributed by atoms with E-state index in [1.54, 1.807) is 0 Å². The number of nitrogens with zero attached hydrogens (tertiary/aromatic N) is 2. The van der Waals surface area contributed by atoms with Crippen molar-refractivity contribution >= 4 is 5.69 Å². The van der Waals surface area contributed by atoms with Crippen molar-refractivity contribution in [2.75, 3.05) is 13.1 Å². The molecule has 0 aliphatic rings. The Morgan fingerprint density at radius 1 is 0.600 bits per heavy atom. The Balaban J connectivity index is 0.000000384. The minimum atomic E-state index is 0. The molecule has 0 radical (unpaired) electrons. The van der Waals surface area contributed by atoms with Crippen LogP contribution in [0.1, 0.15) is 50.1 Å². The fraction of sp³-hybridized carbons (Fsp3) is 0.220. The van der Waals surface area contributed by atoms with Gasteiger partial charge in [0, 0.05) is 18.7 Å². The van der Waals surface area contributed by atoms with Crippen molar-refractivity contribution in [2.24, 2.45) is 0 Å². The monoisotopic (exact) mass is 631 g/mol. The van der Waals surface area contributed by atoms with Crippen molar-refractivity contribution in [3.05, 3.63) is 184 Å². The first-order valence-electron chi connectivity index (χ1n) is 15.2. The van der Waals surface area contributed by atoms with Gasteiger partial charge in [-0.2, -0.15) is 49.2 Å². The number of hydrogen-bond acceptors (Lipinski definition) is 2. The smallest absolute Gasteiger partial charge is 0.683 e. The molecule has 0 saturated carbocycles. The summed E-state index contributed by atoms with van der Waals surface area (Å²) in [6.45, 7) is 21.0. The van der Waals surface area contributed by atoms with Crippen molar-refractivity contribution in [3.8, 4) is 5.75 Å². The van der Waals surface area contributed by atoms with Gasteiger partial charge in [-0.25, -0.2) is 0 Å². The van der Waals surface area contributed by atoms with Gasteiger partial charge in [0.25, 0.3) is 0 Å². The molecule has 0 aromatic heterocycles. The van der Waals surface area contributed by atoms with E-state index in [9.17, 15) is 5.11 Å². The average molecular weight is 632 g/mol. The first kappa shape index (κ1) is 37.3. The number of aromatic hydroxyl groups is 1. The summed E-state index contributed by atoms with van der Waals surface area (Å²) in [6, 6.07) is 38.8. The molecule has 0 amide bonds. The van der Waals surface area contributed by atoms with Crippen LogP contribution in [-0.4, -0.2) is 23.1 Å². The molecular formula is C41H47N2OTi+.